The first-order chi connectivity index (χ1) is 12.2. The predicted octanol–water partition coefficient (Wildman–Crippen LogP) is 3.37. The number of oxazole rings is 1. The highest BCUT2D eigenvalue weighted by atomic mass is 32.1. The Labute approximate surface area is 143 Å². The Morgan fingerprint density at radius 3 is 2.96 bits per heavy atom. The summed E-state index contributed by atoms with van der Waals surface area (Å²) >= 11 is 1.53. The zero-order chi connectivity index (χ0) is 16.8. The number of aromatic nitrogens is 4. The van der Waals surface area contributed by atoms with Crippen molar-refractivity contribution in [2.45, 2.75) is 6.42 Å². The van der Waals surface area contributed by atoms with Gasteiger partial charge >= 0.3 is 5.76 Å². The van der Waals surface area contributed by atoms with Gasteiger partial charge in [-0.2, -0.15) is 4.98 Å². The molecule has 0 amide bonds. The Kier molecular flexibility index (Phi) is 3.04. The molecule has 2 aromatic carbocycles. The summed E-state index contributed by atoms with van der Waals surface area (Å²) in [5.74, 6) is 0.497. The SMILES string of the molecule is O=c1[nH]c2cc(Cc3nc(-c4nc5ccccc5s4)no3)ccc2o1. The van der Waals surface area contributed by atoms with Gasteiger partial charge in [-0.05, 0) is 29.8 Å². The molecule has 8 heteroatoms. The molecule has 0 aliphatic rings. The number of nitrogens with zero attached hydrogens (tertiary/aromatic N) is 3. The highest BCUT2D eigenvalue weighted by Crippen LogP contribution is 2.28. The number of H-pyrrole nitrogens is 1. The quantitative estimate of drug-likeness (QED) is 0.536. The van der Waals surface area contributed by atoms with Gasteiger partial charge in [-0.3, -0.25) is 4.98 Å². The first kappa shape index (κ1) is 14.1. The first-order valence-electron chi connectivity index (χ1n) is 7.55. The lowest BCUT2D eigenvalue weighted by Gasteiger charge is -1.95. The standard InChI is InChI=1S/C17H10N4O3S/c22-17-19-11-7-9(5-6-12(11)23-17)8-14-20-15(21-24-14)16-18-10-3-1-2-4-13(10)25-16/h1-7H,8H2,(H,19,22). The minimum absolute atomic E-state index is 0.459. The molecular weight excluding hydrogens is 340 g/mol. The Morgan fingerprint density at radius 1 is 1.12 bits per heavy atom. The van der Waals surface area contributed by atoms with Crippen molar-refractivity contribution in [3.63, 3.8) is 0 Å². The summed E-state index contributed by atoms with van der Waals surface area (Å²) in [5, 5.41) is 4.76. The van der Waals surface area contributed by atoms with Crippen molar-refractivity contribution in [2.24, 2.45) is 0 Å². The van der Waals surface area contributed by atoms with Crippen LogP contribution in [0.3, 0.4) is 0 Å². The van der Waals surface area contributed by atoms with Crippen molar-refractivity contribution < 1.29 is 8.94 Å². The van der Waals surface area contributed by atoms with Crippen LogP contribution in [-0.2, 0) is 6.42 Å². The molecule has 25 heavy (non-hydrogen) atoms. The highest BCUT2D eigenvalue weighted by molar-refractivity contribution is 7.21. The van der Waals surface area contributed by atoms with E-state index in [0.29, 0.717) is 29.2 Å². The average molecular weight is 350 g/mol. The fourth-order valence-electron chi connectivity index (χ4n) is 2.67. The zero-order valence-electron chi connectivity index (χ0n) is 12.7. The molecule has 0 unspecified atom stereocenters. The highest BCUT2D eigenvalue weighted by Gasteiger charge is 2.14. The van der Waals surface area contributed by atoms with Crippen molar-refractivity contribution >= 4 is 32.7 Å². The Hall–Kier alpha value is -3.26. The van der Waals surface area contributed by atoms with E-state index in [4.69, 9.17) is 8.94 Å². The number of benzene rings is 2. The summed E-state index contributed by atoms with van der Waals surface area (Å²) in [4.78, 5) is 22.8. The number of para-hydroxylation sites is 1. The lowest BCUT2D eigenvalue weighted by molar-refractivity contribution is 0.386. The summed E-state index contributed by atoms with van der Waals surface area (Å²) in [5.41, 5.74) is 3.02. The summed E-state index contributed by atoms with van der Waals surface area (Å²) in [7, 11) is 0. The third-order valence-corrected chi connectivity index (χ3v) is 4.82. The Bertz CT molecular complexity index is 1230. The molecule has 0 aliphatic carbocycles. The van der Waals surface area contributed by atoms with Gasteiger partial charge in [-0.25, -0.2) is 9.78 Å². The summed E-state index contributed by atoms with van der Waals surface area (Å²) in [6, 6.07) is 13.3. The molecule has 5 aromatic rings. The van der Waals surface area contributed by atoms with Crippen LogP contribution in [0.1, 0.15) is 11.5 Å². The van der Waals surface area contributed by atoms with E-state index in [0.717, 1.165) is 20.8 Å². The molecule has 3 aromatic heterocycles. The van der Waals surface area contributed by atoms with E-state index in [-0.39, 0.29) is 0 Å². The fraction of sp³-hybridized carbons (Fsp3) is 0.0588. The van der Waals surface area contributed by atoms with E-state index in [1.807, 2.05) is 36.4 Å². The minimum atomic E-state index is -0.469. The van der Waals surface area contributed by atoms with Crippen molar-refractivity contribution in [3.05, 3.63) is 64.5 Å². The molecule has 7 nitrogen and oxygen atoms in total. The molecule has 0 aliphatic heterocycles. The van der Waals surface area contributed by atoms with Crippen LogP contribution < -0.4 is 5.76 Å². The largest absolute Gasteiger partial charge is 0.417 e. The van der Waals surface area contributed by atoms with Crippen LogP contribution in [-0.4, -0.2) is 20.1 Å². The van der Waals surface area contributed by atoms with E-state index in [9.17, 15) is 4.79 Å². The third-order valence-electron chi connectivity index (χ3n) is 3.79. The first-order valence-corrected chi connectivity index (χ1v) is 8.36. The van der Waals surface area contributed by atoms with Gasteiger partial charge in [0, 0.05) is 0 Å². The molecule has 0 saturated heterocycles. The molecule has 0 saturated carbocycles. The predicted molar refractivity (Wildman–Crippen MR) is 92.6 cm³/mol. The monoisotopic (exact) mass is 350 g/mol. The second kappa shape index (κ2) is 5.38. The molecule has 122 valence electrons. The average Bonchev–Trinajstić information content (AvgIpc) is 3.30. The van der Waals surface area contributed by atoms with E-state index >= 15 is 0 Å². The molecule has 5 rings (SSSR count). The second-order valence-corrected chi connectivity index (χ2v) is 6.55. The minimum Gasteiger partial charge on any atom is -0.408 e. The molecule has 0 bridgehead atoms. The van der Waals surface area contributed by atoms with Gasteiger partial charge in [0.15, 0.2) is 10.6 Å². The second-order valence-electron chi connectivity index (χ2n) is 5.52. The van der Waals surface area contributed by atoms with Crippen LogP contribution in [0.25, 0.3) is 32.1 Å². The van der Waals surface area contributed by atoms with Crippen LogP contribution in [0.15, 0.2) is 56.2 Å². The molecule has 1 N–H and O–H groups in total. The van der Waals surface area contributed by atoms with E-state index < -0.39 is 5.76 Å². The number of hydrogen-bond donors (Lipinski definition) is 1. The topological polar surface area (TPSA) is 97.8 Å². The van der Waals surface area contributed by atoms with Crippen molar-refractivity contribution in [2.75, 3.05) is 0 Å². The van der Waals surface area contributed by atoms with Gasteiger partial charge in [-0.1, -0.05) is 23.4 Å². The number of hydrogen-bond acceptors (Lipinski definition) is 7. The number of aromatic amines is 1. The van der Waals surface area contributed by atoms with E-state index in [2.05, 4.69) is 20.1 Å². The Balaban J connectivity index is 1.45. The van der Waals surface area contributed by atoms with Crippen molar-refractivity contribution in [1.29, 1.82) is 0 Å². The maximum absolute atomic E-state index is 11.2. The van der Waals surface area contributed by atoms with Crippen LogP contribution in [0.5, 0.6) is 0 Å². The van der Waals surface area contributed by atoms with Crippen molar-refractivity contribution in [1.82, 2.24) is 20.1 Å². The van der Waals surface area contributed by atoms with Gasteiger partial charge in [-0.15, -0.1) is 11.3 Å². The van der Waals surface area contributed by atoms with Crippen LogP contribution >= 0.6 is 11.3 Å². The molecule has 3 heterocycles. The molecular formula is C17H10N4O3S. The van der Waals surface area contributed by atoms with Gasteiger partial charge in [0.05, 0.1) is 22.2 Å². The number of nitrogens with one attached hydrogen (secondary N) is 1. The maximum Gasteiger partial charge on any atom is 0.417 e. The normalized spacial score (nSPS) is 11.5. The van der Waals surface area contributed by atoms with Crippen molar-refractivity contribution in [3.8, 4) is 10.8 Å². The van der Waals surface area contributed by atoms with Gasteiger partial charge in [0.25, 0.3) is 0 Å². The van der Waals surface area contributed by atoms with E-state index in [1.54, 1.807) is 6.07 Å². The third kappa shape index (κ3) is 2.52. The molecule has 0 spiro atoms. The molecule has 0 atom stereocenters. The van der Waals surface area contributed by atoms with E-state index in [1.165, 1.54) is 11.3 Å². The lowest BCUT2D eigenvalue weighted by Crippen LogP contribution is -1.93. The van der Waals surface area contributed by atoms with Gasteiger partial charge < -0.3 is 8.94 Å². The van der Waals surface area contributed by atoms with Gasteiger partial charge in [0.1, 0.15) is 0 Å². The fourth-order valence-corrected chi connectivity index (χ4v) is 3.56. The maximum atomic E-state index is 11.2. The zero-order valence-corrected chi connectivity index (χ0v) is 13.5. The molecule has 0 fully saturated rings. The summed E-state index contributed by atoms with van der Waals surface area (Å²) in [6.45, 7) is 0. The lowest BCUT2D eigenvalue weighted by atomic mass is 10.1. The van der Waals surface area contributed by atoms with Crippen LogP contribution in [0.2, 0.25) is 0 Å². The van der Waals surface area contributed by atoms with Crippen LogP contribution in [0.4, 0.5) is 0 Å². The van der Waals surface area contributed by atoms with Crippen LogP contribution in [0, 0.1) is 0 Å². The number of thiazole rings is 1. The Morgan fingerprint density at radius 2 is 2.04 bits per heavy atom. The number of rotatable bonds is 3. The van der Waals surface area contributed by atoms with Gasteiger partial charge in [0.2, 0.25) is 11.7 Å². The summed E-state index contributed by atoms with van der Waals surface area (Å²) in [6.07, 6.45) is 0.459. The smallest absolute Gasteiger partial charge is 0.408 e. The molecule has 0 radical (unpaired) electrons. The number of fused-ring (bicyclic) bond motifs is 2. The summed E-state index contributed by atoms with van der Waals surface area (Å²) < 4.78 is 11.4.